The van der Waals surface area contributed by atoms with Gasteiger partial charge in [0.05, 0.1) is 5.69 Å². The minimum atomic E-state index is -4.50. The van der Waals surface area contributed by atoms with Crippen molar-refractivity contribution in [1.29, 1.82) is 0 Å². The van der Waals surface area contributed by atoms with Crippen LogP contribution in [0.3, 0.4) is 0 Å². The summed E-state index contributed by atoms with van der Waals surface area (Å²) < 4.78 is 46.9. The lowest BCUT2D eigenvalue weighted by molar-refractivity contribution is -0.154. The first kappa shape index (κ1) is 19.2. The van der Waals surface area contributed by atoms with Gasteiger partial charge in [-0.2, -0.15) is 18.3 Å². The fourth-order valence-corrected chi connectivity index (χ4v) is 2.09. The summed E-state index contributed by atoms with van der Waals surface area (Å²) in [5, 5.41) is 7.72. The number of carbonyl (C=O) groups excluding carboxylic acids is 1. The van der Waals surface area contributed by atoms with Crippen molar-refractivity contribution in [2.24, 2.45) is 0 Å². The fourth-order valence-electron chi connectivity index (χ4n) is 2.09. The van der Waals surface area contributed by atoms with Crippen LogP contribution in [0.1, 0.15) is 23.2 Å². The number of hydrogen-bond acceptors (Lipinski definition) is 8. The number of halogens is 3. The maximum Gasteiger partial charge on any atom is 0.422 e. The number of rotatable bonds is 6. The molecule has 146 valence electrons. The van der Waals surface area contributed by atoms with E-state index in [1.54, 1.807) is 0 Å². The Morgan fingerprint density at radius 1 is 1.25 bits per heavy atom. The highest BCUT2D eigenvalue weighted by Gasteiger charge is 2.28. The Bertz CT molecular complexity index is 1040. The number of ketones is 1. The first-order valence-corrected chi connectivity index (χ1v) is 7.78. The van der Waals surface area contributed by atoms with Gasteiger partial charge in [0.15, 0.2) is 18.2 Å². The van der Waals surface area contributed by atoms with Crippen molar-refractivity contribution in [3.63, 3.8) is 0 Å². The zero-order valence-electron chi connectivity index (χ0n) is 14.3. The Balaban J connectivity index is 1.78. The number of carbonyl (C=O) groups is 1. The topological polar surface area (TPSA) is 113 Å². The average Bonchev–Trinajstić information content (AvgIpc) is 3.11. The lowest BCUT2D eigenvalue weighted by Crippen LogP contribution is -2.22. The van der Waals surface area contributed by atoms with Gasteiger partial charge in [-0.05, 0) is 6.07 Å². The summed E-state index contributed by atoms with van der Waals surface area (Å²) >= 11 is 0. The van der Waals surface area contributed by atoms with Crippen molar-refractivity contribution in [3.8, 4) is 17.3 Å². The van der Waals surface area contributed by atoms with E-state index in [-0.39, 0.29) is 23.8 Å². The highest BCUT2D eigenvalue weighted by molar-refractivity contribution is 5.91. The highest BCUT2D eigenvalue weighted by atomic mass is 19.4. The van der Waals surface area contributed by atoms with Crippen LogP contribution in [0.2, 0.25) is 0 Å². The average molecular weight is 395 g/mol. The quantitative estimate of drug-likeness (QED) is 0.582. The number of aromatic nitrogens is 5. The molecule has 0 fully saturated rings. The van der Waals surface area contributed by atoms with E-state index in [0.717, 1.165) is 4.68 Å². The van der Waals surface area contributed by atoms with E-state index < -0.39 is 24.4 Å². The van der Waals surface area contributed by atoms with Crippen LogP contribution < -0.4 is 10.3 Å². The highest BCUT2D eigenvalue weighted by Crippen LogP contribution is 2.18. The molecule has 0 amide bonds. The molecule has 3 aromatic rings. The maximum atomic E-state index is 12.1. The molecule has 0 spiro atoms. The Kier molecular flexibility index (Phi) is 5.20. The van der Waals surface area contributed by atoms with Gasteiger partial charge in [0.1, 0.15) is 12.2 Å². The molecule has 0 unspecified atom stereocenters. The first-order chi connectivity index (χ1) is 13.2. The predicted octanol–water partition coefficient (Wildman–Crippen LogP) is 1.88. The van der Waals surface area contributed by atoms with Crippen molar-refractivity contribution >= 4 is 5.78 Å². The fraction of sp³-hybridized carbons (Fsp3) is 0.250. The third kappa shape index (κ3) is 4.78. The van der Waals surface area contributed by atoms with E-state index in [9.17, 15) is 22.8 Å². The van der Waals surface area contributed by atoms with Crippen LogP contribution in [0, 0.1) is 0 Å². The summed E-state index contributed by atoms with van der Waals surface area (Å²) in [6.07, 6.45) is -2.06. The Morgan fingerprint density at radius 2 is 1.96 bits per heavy atom. The SMILES string of the molecule is CC(=O)c1cc(Cn2nc(-c3cnc(OCC(F)(F)F)nc3)ccc2=O)on1. The summed E-state index contributed by atoms with van der Waals surface area (Å²) in [6.45, 7) is -0.246. The van der Waals surface area contributed by atoms with Gasteiger partial charge in [0, 0.05) is 37.0 Å². The third-order valence-corrected chi connectivity index (χ3v) is 3.38. The molecule has 0 aromatic carbocycles. The summed E-state index contributed by atoms with van der Waals surface area (Å²) in [5.74, 6) is -0.0295. The molecule has 0 N–H and O–H groups in total. The van der Waals surface area contributed by atoms with Gasteiger partial charge < -0.3 is 9.26 Å². The number of alkyl halides is 3. The normalized spacial score (nSPS) is 11.4. The molecule has 0 aliphatic carbocycles. The molecular formula is C16H12F3N5O4. The Morgan fingerprint density at radius 3 is 2.57 bits per heavy atom. The molecule has 0 aliphatic rings. The van der Waals surface area contributed by atoms with Crippen LogP contribution in [-0.4, -0.2) is 43.5 Å². The summed E-state index contributed by atoms with van der Waals surface area (Å²) in [6, 6.07) is 3.63. The molecule has 28 heavy (non-hydrogen) atoms. The second-order valence-corrected chi connectivity index (χ2v) is 5.61. The second-order valence-electron chi connectivity index (χ2n) is 5.61. The predicted molar refractivity (Wildman–Crippen MR) is 86.7 cm³/mol. The van der Waals surface area contributed by atoms with Crippen LogP contribution in [-0.2, 0) is 6.54 Å². The van der Waals surface area contributed by atoms with E-state index >= 15 is 0 Å². The molecule has 3 aromatic heterocycles. The number of hydrogen-bond donors (Lipinski definition) is 0. The molecule has 0 saturated heterocycles. The van der Waals surface area contributed by atoms with Gasteiger partial charge in [-0.3, -0.25) is 9.59 Å². The van der Waals surface area contributed by atoms with Gasteiger partial charge >= 0.3 is 12.2 Å². The van der Waals surface area contributed by atoms with Crippen molar-refractivity contribution < 1.29 is 27.2 Å². The van der Waals surface area contributed by atoms with Crippen molar-refractivity contribution in [1.82, 2.24) is 24.9 Å². The van der Waals surface area contributed by atoms with Crippen LogP contribution in [0.5, 0.6) is 6.01 Å². The lowest BCUT2D eigenvalue weighted by Gasteiger charge is -2.08. The molecule has 12 heteroatoms. The van der Waals surface area contributed by atoms with E-state index in [1.165, 1.54) is 37.5 Å². The lowest BCUT2D eigenvalue weighted by atomic mass is 10.2. The summed E-state index contributed by atoms with van der Waals surface area (Å²) in [5.41, 5.74) is 0.348. The Hall–Kier alpha value is -3.57. The maximum absolute atomic E-state index is 12.1. The van der Waals surface area contributed by atoms with E-state index in [0.29, 0.717) is 11.3 Å². The molecule has 9 nitrogen and oxygen atoms in total. The zero-order chi connectivity index (χ0) is 20.3. The van der Waals surface area contributed by atoms with Crippen LogP contribution in [0.15, 0.2) is 39.9 Å². The van der Waals surface area contributed by atoms with Gasteiger partial charge in [-0.15, -0.1) is 0 Å². The summed E-state index contributed by atoms with van der Waals surface area (Å²) in [7, 11) is 0. The number of Topliss-reactive ketones (excluding diaryl/α,β-unsaturated/α-hetero) is 1. The molecule has 0 aliphatic heterocycles. The molecule has 0 bridgehead atoms. The number of nitrogens with zero attached hydrogens (tertiary/aromatic N) is 5. The molecule has 0 saturated carbocycles. The van der Waals surface area contributed by atoms with Gasteiger partial charge in [0.2, 0.25) is 0 Å². The monoisotopic (exact) mass is 395 g/mol. The van der Waals surface area contributed by atoms with Gasteiger partial charge in [0.25, 0.3) is 5.56 Å². The van der Waals surface area contributed by atoms with Crippen molar-refractivity contribution in [3.05, 3.63) is 52.4 Å². The Labute approximate surface area is 154 Å². The molecule has 0 atom stereocenters. The van der Waals surface area contributed by atoms with E-state index in [4.69, 9.17) is 4.52 Å². The standard InChI is InChI=1S/C16H12F3N5O4/c1-9(25)13-4-11(28-23-13)7-24-14(26)3-2-12(22-24)10-5-20-15(21-6-10)27-8-16(17,18)19/h2-6H,7-8H2,1H3. The smallest absolute Gasteiger partial charge is 0.422 e. The minimum absolute atomic E-state index is 0.0689. The molecule has 3 heterocycles. The van der Waals surface area contributed by atoms with E-state index in [1.807, 2.05) is 0 Å². The number of ether oxygens (including phenoxy) is 1. The first-order valence-electron chi connectivity index (χ1n) is 7.78. The minimum Gasteiger partial charge on any atom is -0.454 e. The van der Waals surface area contributed by atoms with E-state index in [2.05, 4.69) is 25.0 Å². The zero-order valence-corrected chi connectivity index (χ0v) is 14.3. The van der Waals surface area contributed by atoms with Crippen molar-refractivity contribution in [2.45, 2.75) is 19.6 Å². The summed E-state index contributed by atoms with van der Waals surface area (Å²) in [4.78, 5) is 30.6. The third-order valence-electron chi connectivity index (χ3n) is 3.38. The van der Waals surface area contributed by atoms with Crippen LogP contribution >= 0.6 is 0 Å². The van der Waals surface area contributed by atoms with Crippen molar-refractivity contribution in [2.75, 3.05) is 6.61 Å². The van der Waals surface area contributed by atoms with Crippen LogP contribution in [0.4, 0.5) is 13.2 Å². The second kappa shape index (κ2) is 7.58. The molecule has 0 radical (unpaired) electrons. The van der Waals surface area contributed by atoms with Gasteiger partial charge in [-0.25, -0.2) is 14.6 Å². The molecule has 3 rings (SSSR count). The largest absolute Gasteiger partial charge is 0.454 e. The van der Waals surface area contributed by atoms with Crippen LogP contribution in [0.25, 0.3) is 11.3 Å². The van der Waals surface area contributed by atoms with Gasteiger partial charge in [-0.1, -0.05) is 5.16 Å². The molecular weight excluding hydrogens is 383 g/mol.